The molecule has 0 aromatic heterocycles. The molecule has 118 valence electrons. The Morgan fingerprint density at radius 3 is 2.62 bits per heavy atom. The maximum Gasteiger partial charge on any atom is 0.260 e. The van der Waals surface area contributed by atoms with Crippen molar-refractivity contribution in [2.75, 3.05) is 13.7 Å². The van der Waals surface area contributed by atoms with Gasteiger partial charge in [-0.3, -0.25) is 4.79 Å². The zero-order chi connectivity index (χ0) is 15.8. The van der Waals surface area contributed by atoms with Gasteiger partial charge in [-0.15, -0.1) is 0 Å². The quantitative estimate of drug-likeness (QED) is 0.723. The molecule has 1 aromatic carbocycles. The van der Waals surface area contributed by atoms with Crippen molar-refractivity contribution in [3.05, 3.63) is 23.8 Å². The van der Waals surface area contributed by atoms with E-state index in [-0.39, 0.29) is 5.91 Å². The number of nitrogens with one attached hydrogen (secondary N) is 1. The largest absolute Gasteiger partial charge is 0.493 e. The molecule has 1 rings (SSSR count). The smallest absolute Gasteiger partial charge is 0.260 e. The Bertz CT molecular complexity index is 460. The number of carbonyl (C=O) groups is 1. The minimum absolute atomic E-state index is 0.148. The summed E-state index contributed by atoms with van der Waals surface area (Å²) in [5.41, 5.74) is 0.735. The number of aliphatic hydroxyl groups excluding tert-OH is 1. The maximum absolute atomic E-state index is 11.9. The van der Waals surface area contributed by atoms with Crippen LogP contribution in [0.1, 0.15) is 45.3 Å². The Kier molecular flexibility index (Phi) is 7.02. The Hall–Kier alpha value is -1.75. The molecular weight excluding hydrogens is 270 g/mol. The second-order valence-electron chi connectivity index (χ2n) is 4.99. The molecule has 1 unspecified atom stereocenters. The third-order valence-electron chi connectivity index (χ3n) is 3.17. The van der Waals surface area contributed by atoms with E-state index in [4.69, 9.17) is 9.47 Å². The molecule has 0 bridgehead atoms. The van der Waals surface area contributed by atoms with E-state index in [0.717, 1.165) is 18.4 Å². The predicted molar refractivity (Wildman–Crippen MR) is 81.6 cm³/mol. The van der Waals surface area contributed by atoms with Crippen LogP contribution in [0.5, 0.6) is 11.5 Å². The van der Waals surface area contributed by atoms with Crippen molar-refractivity contribution in [3.8, 4) is 11.5 Å². The summed E-state index contributed by atoms with van der Waals surface area (Å²) < 4.78 is 10.9. The molecule has 0 aliphatic carbocycles. The molecule has 0 saturated heterocycles. The lowest BCUT2D eigenvalue weighted by atomic mass is 10.1. The average Bonchev–Trinajstić information content (AvgIpc) is 2.47. The first kappa shape index (κ1) is 17.3. The van der Waals surface area contributed by atoms with Crippen LogP contribution in [0.25, 0.3) is 0 Å². The van der Waals surface area contributed by atoms with E-state index in [1.807, 2.05) is 0 Å². The Morgan fingerprint density at radius 1 is 1.33 bits per heavy atom. The fraction of sp³-hybridized carbons (Fsp3) is 0.562. The molecule has 1 aromatic rings. The van der Waals surface area contributed by atoms with Gasteiger partial charge in [0.2, 0.25) is 0 Å². The first-order valence-electron chi connectivity index (χ1n) is 7.30. The van der Waals surface area contributed by atoms with E-state index in [0.29, 0.717) is 18.0 Å². The number of methoxy groups -OCH3 is 1. The first-order valence-corrected chi connectivity index (χ1v) is 7.30. The van der Waals surface area contributed by atoms with E-state index < -0.39 is 12.2 Å². The highest BCUT2D eigenvalue weighted by Gasteiger charge is 2.17. The van der Waals surface area contributed by atoms with Crippen LogP contribution < -0.4 is 14.8 Å². The SMILES string of the molecule is CCCCNC(=O)C(C)Oc1ccc([C@H](C)O)cc1OC. The van der Waals surface area contributed by atoms with Gasteiger partial charge < -0.3 is 19.9 Å². The number of hydrogen-bond acceptors (Lipinski definition) is 4. The summed E-state index contributed by atoms with van der Waals surface area (Å²) in [6, 6.07) is 5.17. The fourth-order valence-corrected chi connectivity index (χ4v) is 1.82. The molecule has 2 N–H and O–H groups in total. The lowest BCUT2D eigenvalue weighted by Crippen LogP contribution is -2.36. The third-order valence-corrected chi connectivity index (χ3v) is 3.17. The number of unbranched alkanes of at least 4 members (excludes halogenated alkanes) is 1. The van der Waals surface area contributed by atoms with Crippen LogP contribution in [0.3, 0.4) is 0 Å². The van der Waals surface area contributed by atoms with Crippen LogP contribution in [0.15, 0.2) is 18.2 Å². The number of amides is 1. The molecule has 1 amide bonds. The fourth-order valence-electron chi connectivity index (χ4n) is 1.82. The van der Waals surface area contributed by atoms with Gasteiger partial charge in [-0.25, -0.2) is 0 Å². The van der Waals surface area contributed by atoms with Crippen LogP contribution in [-0.4, -0.2) is 30.8 Å². The highest BCUT2D eigenvalue weighted by molar-refractivity contribution is 5.80. The van der Waals surface area contributed by atoms with Crippen molar-refractivity contribution >= 4 is 5.91 Å². The lowest BCUT2D eigenvalue weighted by Gasteiger charge is -2.17. The molecule has 0 saturated carbocycles. The van der Waals surface area contributed by atoms with Gasteiger partial charge in [-0.2, -0.15) is 0 Å². The number of aliphatic hydroxyl groups is 1. The summed E-state index contributed by atoms with van der Waals surface area (Å²) in [4.78, 5) is 11.9. The Balaban J connectivity index is 2.71. The number of rotatable bonds is 8. The molecule has 0 fully saturated rings. The van der Waals surface area contributed by atoms with Gasteiger partial charge in [0.05, 0.1) is 13.2 Å². The molecule has 2 atom stereocenters. The Morgan fingerprint density at radius 2 is 2.05 bits per heavy atom. The standard InChI is InChI=1S/C16H25NO4/c1-5-6-9-17-16(19)12(3)21-14-8-7-13(11(2)18)10-15(14)20-4/h7-8,10-12,18H,5-6,9H2,1-4H3,(H,17,19)/t11-,12?/m0/s1. The van der Waals surface area contributed by atoms with E-state index in [9.17, 15) is 9.90 Å². The van der Waals surface area contributed by atoms with Crippen molar-refractivity contribution in [2.45, 2.75) is 45.8 Å². The minimum Gasteiger partial charge on any atom is -0.493 e. The first-order chi connectivity index (χ1) is 9.99. The lowest BCUT2D eigenvalue weighted by molar-refractivity contribution is -0.127. The molecule has 0 spiro atoms. The number of ether oxygens (including phenoxy) is 2. The van der Waals surface area contributed by atoms with Gasteiger partial charge in [0, 0.05) is 6.54 Å². The molecule has 0 aliphatic heterocycles. The van der Waals surface area contributed by atoms with Crippen LogP contribution in [0.2, 0.25) is 0 Å². The minimum atomic E-state index is -0.604. The topological polar surface area (TPSA) is 67.8 Å². The van der Waals surface area contributed by atoms with Gasteiger partial charge in [-0.1, -0.05) is 19.4 Å². The van der Waals surface area contributed by atoms with Gasteiger partial charge in [0.1, 0.15) is 0 Å². The normalized spacial score (nSPS) is 13.4. The van der Waals surface area contributed by atoms with Crippen LogP contribution in [0, 0.1) is 0 Å². The third kappa shape index (κ3) is 5.27. The van der Waals surface area contributed by atoms with Gasteiger partial charge in [0.25, 0.3) is 5.91 Å². The second-order valence-corrected chi connectivity index (χ2v) is 4.99. The van der Waals surface area contributed by atoms with Crippen LogP contribution in [0.4, 0.5) is 0 Å². The van der Waals surface area contributed by atoms with Crippen molar-refractivity contribution in [3.63, 3.8) is 0 Å². The summed E-state index contributed by atoms with van der Waals surface area (Å²) in [5.74, 6) is 0.840. The second kappa shape index (κ2) is 8.52. The van der Waals surface area contributed by atoms with Gasteiger partial charge in [0.15, 0.2) is 17.6 Å². The van der Waals surface area contributed by atoms with Crippen molar-refractivity contribution in [1.82, 2.24) is 5.32 Å². The van der Waals surface area contributed by atoms with E-state index in [1.165, 1.54) is 7.11 Å². The monoisotopic (exact) mass is 295 g/mol. The van der Waals surface area contributed by atoms with Gasteiger partial charge in [-0.05, 0) is 38.0 Å². The van der Waals surface area contributed by atoms with E-state index >= 15 is 0 Å². The molecular formula is C16H25NO4. The molecule has 5 nitrogen and oxygen atoms in total. The maximum atomic E-state index is 11.9. The predicted octanol–water partition coefficient (Wildman–Crippen LogP) is 2.43. The summed E-state index contributed by atoms with van der Waals surface area (Å²) in [7, 11) is 1.53. The summed E-state index contributed by atoms with van der Waals surface area (Å²) in [6.45, 7) is 6.10. The number of carbonyl (C=O) groups excluding carboxylic acids is 1. The highest BCUT2D eigenvalue weighted by Crippen LogP contribution is 2.31. The molecule has 21 heavy (non-hydrogen) atoms. The zero-order valence-electron chi connectivity index (χ0n) is 13.2. The van der Waals surface area contributed by atoms with Gasteiger partial charge >= 0.3 is 0 Å². The molecule has 0 heterocycles. The number of hydrogen-bond donors (Lipinski definition) is 2. The zero-order valence-corrected chi connectivity index (χ0v) is 13.2. The highest BCUT2D eigenvalue weighted by atomic mass is 16.5. The van der Waals surface area contributed by atoms with Crippen molar-refractivity contribution < 1.29 is 19.4 Å². The molecule has 0 radical (unpaired) electrons. The van der Waals surface area contributed by atoms with E-state index in [1.54, 1.807) is 32.0 Å². The summed E-state index contributed by atoms with van der Waals surface area (Å²) in [5, 5.41) is 12.4. The van der Waals surface area contributed by atoms with Crippen molar-refractivity contribution in [1.29, 1.82) is 0 Å². The average molecular weight is 295 g/mol. The van der Waals surface area contributed by atoms with E-state index in [2.05, 4.69) is 12.2 Å². The van der Waals surface area contributed by atoms with Crippen molar-refractivity contribution in [2.24, 2.45) is 0 Å². The summed E-state index contributed by atoms with van der Waals surface area (Å²) >= 11 is 0. The van der Waals surface area contributed by atoms with Crippen LogP contribution in [-0.2, 0) is 4.79 Å². The molecule has 5 heteroatoms. The molecule has 0 aliphatic rings. The van der Waals surface area contributed by atoms with Crippen LogP contribution >= 0.6 is 0 Å². The Labute approximate surface area is 126 Å². The summed E-state index contributed by atoms with van der Waals surface area (Å²) in [6.07, 6.45) is 0.797. The number of benzene rings is 1.